The summed E-state index contributed by atoms with van der Waals surface area (Å²) in [5, 5.41) is 2.64. The van der Waals surface area contributed by atoms with E-state index < -0.39 is 0 Å². The van der Waals surface area contributed by atoms with Crippen molar-refractivity contribution in [3.8, 4) is 0 Å². The fraction of sp³-hybridized carbons (Fsp3) is 0.800. The lowest BCUT2D eigenvalue weighted by Crippen LogP contribution is -2.42. The van der Waals surface area contributed by atoms with E-state index in [4.69, 9.17) is 0 Å². The van der Waals surface area contributed by atoms with Crippen molar-refractivity contribution >= 4 is 11.7 Å². The summed E-state index contributed by atoms with van der Waals surface area (Å²) in [4.78, 5) is 22.3. The third-order valence-corrected chi connectivity index (χ3v) is 1.81. The number of rotatable bonds is 6. The quantitative estimate of drug-likeness (QED) is 0.690. The minimum Gasteiger partial charge on any atom is -0.375 e. The molecule has 0 aliphatic heterocycles. The van der Waals surface area contributed by atoms with E-state index >= 15 is 0 Å². The molecule has 0 rings (SSSR count). The predicted molar refractivity (Wildman–Crippen MR) is 53.9 cm³/mol. The molecule has 0 aromatic heterocycles. The zero-order valence-electron chi connectivity index (χ0n) is 9.29. The monoisotopic (exact) mass is 201 g/mol. The number of amides is 1. The van der Waals surface area contributed by atoms with E-state index in [2.05, 4.69) is 10.1 Å². The zero-order valence-corrected chi connectivity index (χ0v) is 9.29. The van der Waals surface area contributed by atoms with E-state index in [0.717, 1.165) is 0 Å². The van der Waals surface area contributed by atoms with Crippen LogP contribution in [0.5, 0.6) is 0 Å². The second-order valence-electron chi connectivity index (χ2n) is 3.79. The molecule has 0 radical (unpaired) electrons. The van der Waals surface area contributed by atoms with Gasteiger partial charge in [0.25, 0.3) is 0 Å². The summed E-state index contributed by atoms with van der Waals surface area (Å²) in [7, 11) is 1.45. The Labute approximate surface area is 85.0 Å². The molecular weight excluding hydrogens is 182 g/mol. The van der Waals surface area contributed by atoms with E-state index in [9.17, 15) is 9.59 Å². The number of methoxy groups -OCH3 is 1. The van der Waals surface area contributed by atoms with Gasteiger partial charge in [0.05, 0.1) is 6.04 Å². The Hall–Kier alpha value is -0.900. The number of ether oxygens (including phenoxy) is 1. The Morgan fingerprint density at radius 2 is 1.93 bits per heavy atom. The molecule has 0 unspecified atom stereocenters. The summed E-state index contributed by atoms with van der Waals surface area (Å²) < 4.78 is 4.67. The van der Waals surface area contributed by atoms with Crippen LogP contribution in [0.2, 0.25) is 0 Å². The summed E-state index contributed by atoms with van der Waals surface area (Å²) in [5.74, 6) is 0.128. The normalized spacial score (nSPS) is 12.6. The van der Waals surface area contributed by atoms with Crippen molar-refractivity contribution in [3.05, 3.63) is 0 Å². The molecule has 1 N–H and O–H groups in total. The largest absolute Gasteiger partial charge is 0.375 e. The number of Topliss-reactive ketones (excluding diaryl/α,β-unsaturated/α-hetero) is 1. The molecule has 0 aromatic carbocycles. The van der Waals surface area contributed by atoms with E-state index in [1.165, 1.54) is 14.0 Å². The molecule has 0 bridgehead atoms. The fourth-order valence-corrected chi connectivity index (χ4v) is 1.17. The van der Waals surface area contributed by atoms with Gasteiger partial charge in [-0.05, 0) is 19.3 Å². The molecule has 4 nitrogen and oxygen atoms in total. The van der Waals surface area contributed by atoms with Gasteiger partial charge in [0, 0.05) is 7.11 Å². The van der Waals surface area contributed by atoms with Gasteiger partial charge in [0.1, 0.15) is 6.61 Å². The number of hydrogen-bond acceptors (Lipinski definition) is 3. The summed E-state index contributed by atoms with van der Waals surface area (Å²) in [6.07, 6.45) is 0.671. The van der Waals surface area contributed by atoms with Crippen LogP contribution in [0.3, 0.4) is 0 Å². The highest BCUT2D eigenvalue weighted by Crippen LogP contribution is 2.05. The van der Waals surface area contributed by atoms with Gasteiger partial charge in [-0.1, -0.05) is 13.8 Å². The van der Waals surface area contributed by atoms with Crippen molar-refractivity contribution < 1.29 is 14.3 Å². The molecule has 0 fully saturated rings. The van der Waals surface area contributed by atoms with Crippen LogP contribution in [0.4, 0.5) is 0 Å². The minimum absolute atomic E-state index is 0.00186. The molecule has 1 atom stereocenters. The molecule has 1 amide bonds. The first-order valence-electron chi connectivity index (χ1n) is 4.76. The van der Waals surface area contributed by atoms with Crippen molar-refractivity contribution in [1.82, 2.24) is 5.32 Å². The van der Waals surface area contributed by atoms with Gasteiger partial charge in [-0.15, -0.1) is 0 Å². The van der Waals surface area contributed by atoms with Gasteiger partial charge >= 0.3 is 0 Å². The lowest BCUT2D eigenvalue weighted by molar-refractivity contribution is -0.129. The average molecular weight is 201 g/mol. The maximum absolute atomic E-state index is 11.2. The number of nitrogens with one attached hydrogen (secondary N) is 1. The van der Waals surface area contributed by atoms with Crippen molar-refractivity contribution in [2.24, 2.45) is 5.92 Å². The second-order valence-corrected chi connectivity index (χ2v) is 3.79. The molecule has 0 heterocycles. The first kappa shape index (κ1) is 13.1. The number of ketones is 1. The highest BCUT2D eigenvalue weighted by Gasteiger charge is 2.17. The number of hydrogen-bond donors (Lipinski definition) is 1. The summed E-state index contributed by atoms with van der Waals surface area (Å²) >= 11 is 0. The maximum Gasteiger partial charge on any atom is 0.246 e. The summed E-state index contributed by atoms with van der Waals surface area (Å²) in [5.41, 5.74) is 0. The maximum atomic E-state index is 11.2. The SMILES string of the molecule is COCC(=O)N[C@@H](CC(C)C)C(C)=O. The standard InChI is InChI=1S/C10H19NO3/c1-7(2)5-9(8(3)12)11-10(13)6-14-4/h7,9H,5-6H2,1-4H3,(H,11,13)/t9-/m0/s1. The molecule has 0 spiro atoms. The van der Waals surface area contributed by atoms with Crippen LogP contribution in [0.25, 0.3) is 0 Å². The first-order valence-corrected chi connectivity index (χ1v) is 4.76. The molecule has 0 aliphatic carbocycles. The van der Waals surface area contributed by atoms with Gasteiger partial charge < -0.3 is 10.1 Å². The molecule has 14 heavy (non-hydrogen) atoms. The van der Waals surface area contributed by atoms with Crippen LogP contribution in [0.15, 0.2) is 0 Å². The average Bonchev–Trinajstić information content (AvgIpc) is 2.02. The van der Waals surface area contributed by atoms with Gasteiger partial charge in [0.15, 0.2) is 5.78 Å². The molecule has 0 saturated heterocycles. The lowest BCUT2D eigenvalue weighted by atomic mass is 10.0. The number of carbonyl (C=O) groups is 2. The second kappa shape index (κ2) is 6.54. The van der Waals surface area contributed by atoms with Gasteiger partial charge in [-0.2, -0.15) is 0 Å². The van der Waals surface area contributed by atoms with E-state index in [1.54, 1.807) is 0 Å². The van der Waals surface area contributed by atoms with Crippen LogP contribution < -0.4 is 5.32 Å². The summed E-state index contributed by atoms with van der Waals surface area (Å²) in [6, 6.07) is -0.377. The molecule has 0 aromatic rings. The molecule has 82 valence electrons. The first-order chi connectivity index (χ1) is 6.47. The van der Waals surface area contributed by atoms with E-state index in [1.807, 2.05) is 13.8 Å². The van der Waals surface area contributed by atoms with E-state index in [0.29, 0.717) is 12.3 Å². The fourth-order valence-electron chi connectivity index (χ4n) is 1.17. The van der Waals surface area contributed by atoms with Crippen molar-refractivity contribution in [2.75, 3.05) is 13.7 Å². The third kappa shape index (κ3) is 5.70. The summed E-state index contributed by atoms with van der Waals surface area (Å²) in [6.45, 7) is 5.51. The Balaban J connectivity index is 4.09. The highest BCUT2D eigenvalue weighted by molar-refractivity contribution is 5.87. The Bertz CT molecular complexity index is 202. The van der Waals surface area contributed by atoms with Crippen LogP contribution >= 0.6 is 0 Å². The number of carbonyl (C=O) groups excluding carboxylic acids is 2. The van der Waals surface area contributed by atoms with Gasteiger partial charge in [-0.25, -0.2) is 0 Å². The minimum atomic E-state index is -0.377. The van der Waals surface area contributed by atoms with Crippen LogP contribution in [0, 0.1) is 5.92 Å². The smallest absolute Gasteiger partial charge is 0.246 e. The van der Waals surface area contributed by atoms with Crippen molar-refractivity contribution in [2.45, 2.75) is 33.2 Å². The van der Waals surface area contributed by atoms with Crippen molar-refractivity contribution in [1.29, 1.82) is 0 Å². The molecule has 0 saturated carbocycles. The third-order valence-electron chi connectivity index (χ3n) is 1.81. The molecular formula is C10H19NO3. The van der Waals surface area contributed by atoms with Gasteiger partial charge in [0.2, 0.25) is 5.91 Å². The lowest BCUT2D eigenvalue weighted by Gasteiger charge is -2.17. The predicted octanol–water partition coefficient (Wildman–Crippen LogP) is 0.753. The highest BCUT2D eigenvalue weighted by atomic mass is 16.5. The molecule has 4 heteroatoms. The van der Waals surface area contributed by atoms with Gasteiger partial charge in [-0.3, -0.25) is 9.59 Å². The van der Waals surface area contributed by atoms with Crippen LogP contribution in [-0.4, -0.2) is 31.4 Å². The van der Waals surface area contributed by atoms with E-state index in [-0.39, 0.29) is 24.3 Å². The topological polar surface area (TPSA) is 55.4 Å². The van der Waals surface area contributed by atoms with Crippen LogP contribution in [0.1, 0.15) is 27.2 Å². The zero-order chi connectivity index (χ0) is 11.1. The Kier molecular flexibility index (Phi) is 6.12. The Morgan fingerprint density at radius 1 is 1.36 bits per heavy atom. The van der Waals surface area contributed by atoms with Crippen LogP contribution in [-0.2, 0) is 14.3 Å². The molecule has 0 aliphatic rings. The van der Waals surface area contributed by atoms with Crippen molar-refractivity contribution in [3.63, 3.8) is 0 Å². The Morgan fingerprint density at radius 3 is 2.29 bits per heavy atom.